The van der Waals surface area contributed by atoms with Crippen LogP contribution in [0.15, 0.2) is 83.8 Å². The number of hydrogen-bond donors (Lipinski definition) is 2. The highest BCUT2D eigenvalue weighted by Gasteiger charge is 2.20. The number of nitrogens with one attached hydrogen (secondary N) is 2. The predicted molar refractivity (Wildman–Crippen MR) is 135 cm³/mol. The number of benzene rings is 3. The first-order valence-corrected chi connectivity index (χ1v) is 13.2. The summed E-state index contributed by atoms with van der Waals surface area (Å²) in [4.78, 5) is 15.3. The summed E-state index contributed by atoms with van der Waals surface area (Å²) in [5.74, 6) is -0.320. The van der Waals surface area contributed by atoms with Crippen LogP contribution in [-0.2, 0) is 27.8 Å². The number of nitrogens with zero attached hydrogens (tertiary/aromatic N) is 1. The fourth-order valence-electron chi connectivity index (χ4n) is 4.08. The molecule has 0 spiro atoms. The fraction of sp³-hybridized carbons (Fsp3) is 0.296. The van der Waals surface area contributed by atoms with Crippen LogP contribution < -0.4 is 10.0 Å². The molecule has 35 heavy (non-hydrogen) atoms. The Balaban J connectivity index is 1.41. The van der Waals surface area contributed by atoms with Crippen molar-refractivity contribution in [2.75, 3.05) is 26.3 Å². The van der Waals surface area contributed by atoms with E-state index in [2.05, 4.69) is 21.0 Å². The summed E-state index contributed by atoms with van der Waals surface area (Å²) in [7, 11) is -3.80. The molecule has 1 heterocycles. The van der Waals surface area contributed by atoms with Crippen molar-refractivity contribution < 1.29 is 17.9 Å². The zero-order valence-electron chi connectivity index (χ0n) is 19.8. The molecule has 3 aromatic rings. The molecule has 4 rings (SSSR count). The molecule has 1 fully saturated rings. The Bertz CT molecular complexity index is 1240. The standard InChI is InChI=1S/C27H31N3O4S/c1-21(22-8-3-2-4-9-22)29-35(32,33)26-13-7-12-23(18-26)27(31)28-19-24-10-5-6-11-25(24)20-30-14-16-34-17-15-30/h2-13,18,21,29H,14-17,19-20H2,1H3,(H,28,31)/t21-/m0/s1. The van der Waals surface area contributed by atoms with Gasteiger partial charge in [0.05, 0.1) is 18.1 Å². The largest absolute Gasteiger partial charge is 0.379 e. The summed E-state index contributed by atoms with van der Waals surface area (Å²) in [5, 5.41) is 2.94. The van der Waals surface area contributed by atoms with Crippen LogP contribution in [0.2, 0.25) is 0 Å². The number of morpholine rings is 1. The first kappa shape index (κ1) is 25.1. The van der Waals surface area contributed by atoms with Gasteiger partial charge in [-0.2, -0.15) is 0 Å². The zero-order chi connectivity index (χ0) is 24.7. The van der Waals surface area contributed by atoms with Gasteiger partial charge in [0, 0.05) is 37.8 Å². The lowest BCUT2D eigenvalue weighted by molar-refractivity contribution is 0.0340. The van der Waals surface area contributed by atoms with E-state index in [-0.39, 0.29) is 10.8 Å². The van der Waals surface area contributed by atoms with E-state index in [0.717, 1.165) is 49.5 Å². The molecule has 1 atom stereocenters. The van der Waals surface area contributed by atoms with Gasteiger partial charge in [-0.1, -0.05) is 60.7 Å². The van der Waals surface area contributed by atoms with Gasteiger partial charge in [-0.15, -0.1) is 0 Å². The second-order valence-corrected chi connectivity index (χ2v) is 10.3. The number of amides is 1. The smallest absolute Gasteiger partial charge is 0.251 e. The van der Waals surface area contributed by atoms with Gasteiger partial charge in [0.1, 0.15) is 0 Å². The molecule has 0 aliphatic carbocycles. The highest BCUT2D eigenvalue weighted by molar-refractivity contribution is 7.89. The second-order valence-electron chi connectivity index (χ2n) is 8.62. The van der Waals surface area contributed by atoms with E-state index >= 15 is 0 Å². The highest BCUT2D eigenvalue weighted by atomic mass is 32.2. The minimum absolute atomic E-state index is 0.0562. The maximum absolute atomic E-state index is 12.9. The van der Waals surface area contributed by atoms with Crippen LogP contribution in [-0.4, -0.2) is 45.5 Å². The molecule has 0 bridgehead atoms. The van der Waals surface area contributed by atoms with E-state index in [1.165, 1.54) is 12.1 Å². The third kappa shape index (κ3) is 6.76. The van der Waals surface area contributed by atoms with Gasteiger partial charge in [0.15, 0.2) is 0 Å². The molecule has 7 nitrogen and oxygen atoms in total. The van der Waals surface area contributed by atoms with Crippen molar-refractivity contribution in [3.05, 3.63) is 101 Å². The van der Waals surface area contributed by atoms with Crippen molar-refractivity contribution in [3.8, 4) is 0 Å². The molecule has 1 aliphatic heterocycles. The van der Waals surface area contributed by atoms with Crippen LogP contribution in [0.3, 0.4) is 0 Å². The van der Waals surface area contributed by atoms with Crippen molar-refractivity contribution in [1.82, 2.24) is 14.9 Å². The van der Waals surface area contributed by atoms with E-state index in [1.807, 2.05) is 48.5 Å². The second kappa shape index (κ2) is 11.6. The normalized spacial score (nSPS) is 15.5. The molecule has 8 heteroatoms. The van der Waals surface area contributed by atoms with Crippen molar-refractivity contribution in [2.45, 2.75) is 31.0 Å². The monoisotopic (exact) mass is 493 g/mol. The lowest BCUT2D eigenvalue weighted by Crippen LogP contribution is -2.36. The van der Waals surface area contributed by atoms with Gasteiger partial charge in [0.2, 0.25) is 10.0 Å². The third-order valence-corrected chi connectivity index (χ3v) is 7.63. The van der Waals surface area contributed by atoms with Crippen LogP contribution in [0.4, 0.5) is 0 Å². The van der Waals surface area contributed by atoms with Gasteiger partial charge in [0.25, 0.3) is 5.91 Å². The molecule has 1 amide bonds. The SMILES string of the molecule is C[C@H](NS(=O)(=O)c1cccc(C(=O)NCc2ccccc2CN2CCOCC2)c1)c1ccccc1. The summed E-state index contributed by atoms with van der Waals surface area (Å²) in [6, 6.07) is 23.1. The van der Waals surface area contributed by atoms with Gasteiger partial charge in [-0.3, -0.25) is 9.69 Å². The fourth-order valence-corrected chi connectivity index (χ4v) is 5.35. The Morgan fingerprint density at radius 3 is 2.37 bits per heavy atom. The van der Waals surface area contributed by atoms with Crippen LogP contribution >= 0.6 is 0 Å². The molecule has 1 aliphatic rings. The average Bonchev–Trinajstić information content (AvgIpc) is 2.89. The number of sulfonamides is 1. The summed E-state index contributed by atoms with van der Waals surface area (Å²) >= 11 is 0. The van der Waals surface area contributed by atoms with E-state index in [4.69, 9.17) is 4.74 Å². The predicted octanol–water partition coefficient (Wildman–Crippen LogP) is 3.49. The number of carbonyl (C=O) groups excluding carboxylic acids is 1. The lowest BCUT2D eigenvalue weighted by atomic mass is 10.1. The molecule has 3 aromatic carbocycles. The van der Waals surface area contributed by atoms with Gasteiger partial charge in [-0.25, -0.2) is 13.1 Å². The van der Waals surface area contributed by atoms with Crippen molar-refractivity contribution >= 4 is 15.9 Å². The quantitative estimate of drug-likeness (QED) is 0.477. The summed E-state index contributed by atoms with van der Waals surface area (Å²) in [6.45, 7) is 6.19. The van der Waals surface area contributed by atoms with E-state index in [9.17, 15) is 13.2 Å². The molecule has 0 unspecified atom stereocenters. The highest BCUT2D eigenvalue weighted by Crippen LogP contribution is 2.18. The zero-order valence-corrected chi connectivity index (χ0v) is 20.6. The van der Waals surface area contributed by atoms with E-state index < -0.39 is 16.1 Å². The lowest BCUT2D eigenvalue weighted by Gasteiger charge is -2.27. The molecule has 0 radical (unpaired) electrons. The minimum Gasteiger partial charge on any atom is -0.379 e. The van der Waals surface area contributed by atoms with Crippen LogP contribution in [0.25, 0.3) is 0 Å². The number of carbonyl (C=O) groups is 1. The number of ether oxygens (including phenoxy) is 1. The van der Waals surface area contributed by atoms with Crippen LogP contribution in [0.5, 0.6) is 0 Å². The first-order chi connectivity index (χ1) is 16.9. The molecular formula is C27H31N3O4S. The molecule has 1 saturated heterocycles. The van der Waals surface area contributed by atoms with Crippen molar-refractivity contribution in [1.29, 1.82) is 0 Å². The van der Waals surface area contributed by atoms with Gasteiger partial charge >= 0.3 is 0 Å². The van der Waals surface area contributed by atoms with Gasteiger partial charge < -0.3 is 10.1 Å². The Labute approximate surface area is 207 Å². The van der Waals surface area contributed by atoms with Gasteiger partial charge in [-0.05, 0) is 41.8 Å². The van der Waals surface area contributed by atoms with E-state index in [0.29, 0.717) is 12.1 Å². The summed E-state index contributed by atoms with van der Waals surface area (Å²) in [5.41, 5.74) is 3.35. The molecular weight excluding hydrogens is 462 g/mol. The topological polar surface area (TPSA) is 87.7 Å². The van der Waals surface area contributed by atoms with Crippen molar-refractivity contribution in [2.24, 2.45) is 0 Å². The Morgan fingerprint density at radius 1 is 0.943 bits per heavy atom. The Hall–Kier alpha value is -3.04. The van der Waals surface area contributed by atoms with Crippen molar-refractivity contribution in [3.63, 3.8) is 0 Å². The molecule has 0 aromatic heterocycles. The average molecular weight is 494 g/mol. The van der Waals surface area contributed by atoms with E-state index in [1.54, 1.807) is 19.1 Å². The number of hydrogen-bond acceptors (Lipinski definition) is 5. The Morgan fingerprint density at radius 2 is 1.63 bits per heavy atom. The third-order valence-electron chi connectivity index (χ3n) is 6.09. The maximum Gasteiger partial charge on any atom is 0.251 e. The maximum atomic E-state index is 12.9. The summed E-state index contributed by atoms with van der Waals surface area (Å²) in [6.07, 6.45) is 0. The van der Waals surface area contributed by atoms with Crippen LogP contribution in [0.1, 0.15) is 40.0 Å². The molecule has 2 N–H and O–H groups in total. The van der Waals surface area contributed by atoms with Crippen LogP contribution in [0, 0.1) is 0 Å². The summed E-state index contributed by atoms with van der Waals surface area (Å²) < 4.78 is 34.0. The number of rotatable bonds is 9. The Kier molecular flexibility index (Phi) is 8.30. The molecule has 0 saturated carbocycles. The molecule has 184 valence electrons. The first-order valence-electron chi connectivity index (χ1n) is 11.7. The minimum atomic E-state index is -3.80.